The minimum absolute atomic E-state index is 0.0336. The van der Waals surface area contributed by atoms with Crippen molar-refractivity contribution < 1.29 is 4.74 Å². The Bertz CT molecular complexity index is 1030. The van der Waals surface area contributed by atoms with E-state index in [2.05, 4.69) is 4.98 Å². The number of hydrogen-bond acceptors (Lipinski definition) is 3. The number of aromatic nitrogens is 2. The lowest BCUT2D eigenvalue weighted by molar-refractivity contribution is 0.415. The monoisotopic (exact) mass is 278 g/mol. The van der Waals surface area contributed by atoms with E-state index in [1.807, 2.05) is 37.3 Å². The number of nitrogens with zero attached hydrogens (tertiary/aromatic N) is 2. The van der Waals surface area contributed by atoms with Crippen LogP contribution in [0, 0.1) is 0 Å². The van der Waals surface area contributed by atoms with Crippen molar-refractivity contribution in [2.24, 2.45) is 0 Å². The molecule has 0 aliphatic carbocycles. The molecule has 21 heavy (non-hydrogen) atoms. The summed E-state index contributed by atoms with van der Waals surface area (Å²) in [5, 5.41) is 2.10. The van der Waals surface area contributed by atoms with Crippen molar-refractivity contribution in [2.45, 2.75) is 13.3 Å². The molecular formula is C17H14N2O2. The van der Waals surface area contributed by atoms with Crippen molar-refractivity contribution in [1.82, 2.24) is 9.38 Å². The quantitative estimate of drug-likeness (QED) is 0.566. The number of ether oxygens (including phenoxy) is 1. The van der Waals surface area contributed by atoms with Gasteiger partial charge < -0.3 is 4.74 Å². The predicted molar refractivity (Wildman–Crippen MR) is 83.6 cm³/mol. The average molecular weight is 278 g/mol. The number of hydrogen-bond donors (Lipinski definition) is 0. The van der Waals surface area contributed by atoms with E-state index in [0.717, 1.165) is 38.6 Å². The number of fused-ring (bicyclic) bond motifs is 3. The van der Waals surface area contributed by atoms with E-state index in [4.69, 9.17) is 4.74 Å². The first kappa shape index (κ1) is 12.1. The van der Waals surface area contributed by atoms with Gasteiger partial charge in [0.2, 0.25) is 0 Å². The van der Waals surface area contributed by atoms with E-state index in [-0.39, 0.29) is 5.56 Å². The van der Waals surface area contributed by atoms with Gasteiger partial charge in [-0.05, 0) is 30.7 Å². The normalized spacial score (nSPS) is 11.7. The summed E-state index contributed by atoms with van der Waals surface area (Å²) in [6.07, 6.45) is 2.49. The van der Waals surface area contributed by atoms with E-state index >= 15 is 0 Å². The molecule has 0 aliphatic heterocycles. The summed E-state index contributed by atoms with van der Waals surface area (Å²) < 4.78 is 7.07. The maximum Gasteiger partial charge on any atom is 0.258 e. The second-order valence-electron chi connectivity index (χ2n) is 5.14. The molecule has 0 unspecified atom stereocenters. The molecule has 4 heteroatoms. The standard InChI is InChI=1S/C17H14N2O2/c1-3-10-8-14-16-13(6-7-18-14)12-5-4-11(21-2)9-15(12)19(16)17(10)20/h4-9H,3H2,1-2H3. The third-order valence-corrected chi connectivity index (χ3v) is 4.08. The molecule has 0 amide bonds. The Balaban J connectivity index is 2.37. The summed E-state index contributed by atoms with van der Waals surface area (Å²) in [5.41, 5.74) is 3.44. The van der Waals surface area contributed by atoms with Crippen LogP contribution in [0.3, 0.4) is 0 Å². The first-order valence-corrected chi connectivity index (χ1v) is 6.97. The molecule has 0 bridgehead atoms. The van der Waals surface area contributed by atoms with Crippen LogP contribution in [0.15, 0.2) is 41.3 Å². The van der Waals surface area contributed by atoms with Crippen LogP contribution in [0.4, 0.5) is 0 Å². The molecule has 0 aliphatic rings. The van der Waals surface area contributed by atoms with Gasteiger partial charge in [0.25, 0.3) is 5.56 Å². The average Bonchev–Trinajstić information content (AvgIpc) is 2.86. The largest absolute Gasteiger partial charge is 0.497 e. The van der Waals surface area contributed by atoms with Crippen LogP contribution < -0.4 is 10.3 Å². The SMILES string of the molecule is CCc1cc2nccc3c4ccc(OC)cc4n(c1=O)c23. The summed E-state index contributed by atoms with van der Waals surface area (Å²) in [7, 11) is 1.63. The van der Waals surface area contributed by atoms with Gasteiger partial charge in [-0.25, -0.2) is 0 Å². The van der Waals surface area contributed by atoms with Gasteiger partial charge in [0.15, 0.2) is 0 Å². The minimum atomic E-state index is 0.0336. The maximum atomic E-state index is 12.7. The highest BCUT2D eigenvalue weighted by molar-refractivity contribution is 6.13. The third kappa shape index (κ3) is 1.50. The molecule has 3 heterocycles. The summed E-state index contributed by atoms with van der Waals surface area (Å²) in [6, 6.07) is 9.70. The Morgan fingerprint density at radius 2 is 2.05 bits per heavy atom. The van der Waals surface area contributed by atoms with Gasteiger partial charge in [-0.15, -0.1) is 0 Å². The van der Waals surface area contributed by atoms with E-state index in [1.165, 1.54) is 0 Å². The lowest BCUT2D eigenvalue weighted by Gasteiger charge is -2.03. The molecule has 4 nitrogen and oxygen atoms in total. The van der Waals surface area contributed by atoms with Crippen molar-refractivity contribution in [3.05, 3.63) is 52.4 Å². The molecular weight excluding hydrogens is 264 g/mol. The van der Waals surface area contributed by atoms with Crippen molar-refractivity contribution in [3.63, 3.8) is 0 Å². The summed E-state index contributed by atoms with van der Waals surface area (Å²) in [6.45, 7) is 1.99. The fourth-order valence-electron chi connectivity index (χ4n) is 3.03. The fourth-order valence-corrected chi connectivity index (χ4v) is 3.03. The molecule has 104 valence electrons. The second kappa shape index (κ2) is 4.19. The number of rotatable bonds is 2. The van der Waals surface area contributed by atoms with E-state index in [9.17, 15) is 4.79 Å². The fraction of sp³-hybridized carbons (Fsp3) is 0.176. The number of methoxy groups -OCH3 is 1. The smallest absolute Gasteiger partial charge is 0.258 e. The van der Waals surface area contributed by atoms with Gasteiger partial charge in [0.1, 0.15) is 5.75 Å². The summed E-state index contributed by atoms with van der Waals surface area (Å²) >= 11 is 0. The van der Waals surface area contributed by atoms with E-state index in [0.29, 0.717) is 6.42 Å². The zero-order chi connectivity index (χ0) is 14.6. The van der Waals surface area contributed by atoms with Crippen LogP contribution in [0.2, 0.25) is 0 Å². The zero-order valence-electron chi connectivity index (χ0n) is 11.9. The Labute approximate surface area is 120 Å². The Hall–Kier alpha value is -2.62. The Morgan fingerprint density at radius 1 is 1.19 bits per heavy atom. The Kier molecular flexibility index (Phi) is 2.42. The highest BCUT2D eigenvalue weighted by atomic mass is 16.5. The number of aryl methyl sites for hydroxylation is 1. The van der Waals surface area contributed by atoms with Crippen LogP contribution in [0.25, 0.3) is 27.3 Å². The molecule has 4 aromatic rings. The lowest BCUT2D eigenvalue weighted by atomic mass is 10.1. The van der Waals surface area contributed by atoms with Crippen LogP contribution in [0.5, 0.6) is 5.75 Å². The lowest BCUT2D eigenvalue weighted by Crippen LogP contribution is -2.17. The second-order valence-corrected chi connectivity index (χ2v) is 5.14. The molecule has 1 aromatic carbocycles. The number of benzene rings is 1. The van der Waals surface area contributed by atoms with Crippen molar-refractivity contribution in [2.75, 3.05) is 7.11 Å². The van der Waals surface area contributed by atoms with E-state index in [1.54, 1.807) is 17.7 Å². The minimum Gasteiger partial charge on any atom is -0.497 e. The first-order chi connectivity index (χ1) is 10.2. The van der Waals surface area contributed by atoms with Crippen molar-refractivity contribution in [1.29, 1.82) is 0 Å². The van der Waals surface area contributed by atoms with Gasteiger partial charge in [0, 0.05) is 28.6 Å². The molecule has 0 spiro atoms. The van der Waals surface area contributed by atoms with Crippen LogP contribution >= 0.6 is 0 Å². The molecule has 0 N–H and O–H groups in total. The molecule has 0 saturated carbocycles. The summed E-state index contributed by atoms with van der Waals surface area (Å²) in [4.78, 5) is 17.2. The highest BCUT2D eigenvalue weighted by Gasteiger charge is 2.16. The maximum absolute atomic E-state index is 12.7. The van der Waals surface area contributed by atoms with Gasteiger partial charge in [-0.1, -0.05) is 6.92 Å². The van der Waals surface area contributed by atoms with Crippen LogP contribution in [-0.2, 0) is 6.42 Å². The van der Waals surface area contributed by atoms with Gasteiger partial charge in [-0.3, -0.25) is 14.2 Å². The van der Waals surface area contributed by atoms with Crippen molar-refractivity contribution >= 4 is 27.3 Å². The molecule has 4 rings (SSSR count). The van der Waals surface area contributed by atoms with Crippen molar-refractivity contribution in [3.8, 4) is 5.75 Å². The third-order valence-electron chi connectivity index (χ3n) is 4.08. The van der Waals surface area contributed by atoms with Crippen LogP contribution in [0.1, 0.15) is 12.5 Å². The topological polar surface area (TPSA) is 43.6 Å². The molecule has 3 aromatic heterocycles. The molecule has 0 radical (unpaired) electrons. The summed E-state index contributed by atoms with van der Waals surface area (Å²) in [5.74, 6) is 0.747. The van der Waals surface area contributed by atoms with Gasteiger partial charge >= 0.3 is 0 Å². The van der Waals surface area contributed by atoms with Crippen LogP contribution in [-0.4, -0.2) is 16.5 Å². The molecule has 0 saturated heterocycles. The first-order valence-electron chi connectivity index (χ1n) is 6.97. The van der Waals surface area contributed by atoms with Gasteiger partial charge in [-0.2, -0.15) is 0 Å². The molecule has 0 atom stereocenters. The van der Waals surface area contributed by atoms with E-state index < -0.39 is 0 Å². The van der Waals surface area contributed by atoms with Gasteiger partial charge in [0.05, 0.1) is 23.7 Å². The predicted octanol–water partition coefficient (Wildman–Crippen LogP) is 3.01. The highest BCUT2D eigenvalue weighted by Crippen LogP contribution is 2.32. The number of pyridine rings is 2. The zero-order valence-corrected chi connectivity index (χ0v) is 11.9. The molecule has 0 fully saturated rings. The Morgan fingerprint density at radius 3 is 2.81 bits per heavy atom.